The summed E-state index contributed by atoms with van der Waals surface area (Å²) < 4.78 is 7.91. The molecule has 2 aromatic heterocycles. The van der Waals surface area contributed by atoms with Gasteiger partial charge in [-0.25, -0.2) is 9.78 Å². The van der Waals surface area contributed by atoms with Crippen LogP contribution in [0.1, 0.15) is 41.6 Å². The van der Waals surface area contributed by atoms with Crippen molar-refractivity contribution < 1.29 is 19.1 Å². The number of fused-ring (bicyclic) bond motifs is 2. The number of benzene rings is 1. The number of carbonyl (C=O) groups excluding carboxylic acids is 3. The molecule has 0 radical (unpaired) electrons. The van der Waals surface area contributed by atoms with E-state index in [1.54, 1.807) is 49.5 Å². The van der Waals surface area contributed by atoms with E-state index in [1.165, 1.54) is 0 Å². The lowest BCUT2D eigenvalue weighted by Crippen LogP contribution is -2.40. The van der Waals surface area contributed by atoms with Crippen molar-refractivity contribution in [3.8, 4) is 5.75 Å². The van der Waals surface area contributed by atoms with Crippen LogP contribution in [0.4, 0.5) is 16.2 Å². The van der Waals surface area contributed by atoms with Gasteiger partial charge in [-0.2, -0.15) is 0 Å². The Morgan fingerprint density at radius 2 is 1.90 bits per heavy atom. The van der Waals surface area contributed by atoms with Crippen molar-refractivity contribution in [3.05, 3.63) is 53.5 Å². The summed E-state index contributed by atoms with van der Waals surface area (Å²) in [5, 5.41) is 6.62. The number of pyridine rings is 1. The quantitative estimate of drug-likeness (QED) is 0.488. The number of piperidine rings is 1. The van der Waals surface area contributed by atoms with Gasteiger partial charge >= 0.3 is 6.03 Å². The molecule has 2 N–H and O–H groups in total. The highest BCUT2D eigenvalue weighted by molar-refractivity contribution is 6.16. The maximum absolute atomic E-state index is 13.3. The van der Waals surface area contributed by atoms with Crippen LogP contribution in [0, 0.1) is 5.92 Å². The monoisotopic (exact) mass is 528 g/mol. The lowest BCUT2D eigenvalue weighted by Gasteiger charge is -2.34. The standard InChI is InChI=1S/C29H32N6O4/c1-33(2)28(37)17-9-12-35(13-10-17)22-8-11-30-27-25(22)18(16-34(27)3)14-24-26(36)21-15-20(6-7-23(21)39-24)32-29(38)31-19-4-5-19/h6-8,11,14-17,19H,4-5,9-10,12-13H2,1-3H3,(H2,31,32,38)/b24-14-. The molecule has 3 aromatic rings. The Morgan fingerprint density at radius 3 is 2.62 bits per heavy atom. The molecule has 39 heavy (non-hydrogen) atoms. The summed E-state index contributed by atoms with van der Waals surface area (Å²) in [4.78, 5) is 46.5. The van der Waals surface area contributed by atoms with Gasteiger partial charge in [-0.1, -0.05) is 0 Å². The number of nitrogens with one attached hydrogen (secondary N) is 2. The number of ketones is 1. The smallest absolute Gasteiger partial charge is 0.319 e. The summed E-state index contributed by atoms with van der Waals surface area (Å²) in [7, 11) is 5.54. The third-order valence-electron chi connectivity index (χ3n) is 7.62. The van der Waals surface area contributed by atoms with Crippen LogP contribution in [0.5, 0.6) is 5.75 Å². The zero-order chi connectivity index (χ0) is 27.3. The van der Waals surface area contributed by atoms with E-state index in [-0.39, 0.29) is 35.4 Å². The summed E-state index contributed by atoms with van der Waals surface area (Å²) >= 11 is 0. The van der Waals surface area contributed by atoms with Gasteiger partial charge in [-0.05, 0) is 56.0 Å². The molecule has 3 aliphatic rings. The van der Waals surface area contributed by atoms with Gasteiger partial charge in [0.05, 0.1) is 5.56 Å². The SMILES string of the molecule is CN(C)C(=O)C1CCN(c2ccnc3c2c(/C=C2\Oc4ccc(NC(=O)NC5CC5)cc4C2=O)cn3C)CC1. The number of amides is 3. The summed E-state index contributed by atoms with van der Waals surface area (Å²) in [5.41, 5.74) is 3.62. The van der Waals surface area contributed by atoms with E-state index in [4.69, 9.17) is 4.74 Å². The van der Waals surface area contributed by atoms with E-state index >= 15 is 0 Å². The van der Waals surface area contributed by atoms with Crippen molar-refractivity contribution in [1.29, 1.82) is 0 Å². The topological polar surface area (TPSA) is 109 Å². The van der Waals surface area contributed by atoms with Gasteiger partial charge in [-0.15, -0.1) is 0 Å². The number of allylic oxidation sites excluding steroid dienone is 1. The predicted molar refractivity (Wildman–Crippen MR) is 149 cm³/mol. The number of carbonyl (C=O) groups is 3. The Kier molecular flexibility index (Phi) is 6.25. The van der Waals surface area contributed by atoms with Crippen molar-refractivity contribution >= 4 is 46.2 Å². The first-order valence-corrected chi connectivity index (χ1v) is 13.3. The van der Waals surface area contributed by atoms with Crippen molar-refractivity contribution in [3.63, 3.8) is 0 Å². The van der Waals surface area contributed by atoms with Crippen LogP contribution in [-0.2, 0) is 11.8 Å². The number of urea groups is 1. The molecule has 6 rings (SSSR count). The third kappa shape index (κ3) is 4.82. The molecule has 2 fully saturated rings. The Morgan fingerprint density at radius 1 is 1.13 bits per heavy atom. The van der Waals surface area contributed by atoms with Gasteiger partial charge in [0, 0.05) is 80.9 Å². The predicted octanol–water partition coefficient (Wildman–Crippen LogP) is 3.78. The van der Waals surface area contributed by atoms with Gasteiger partial charge in [-0.3, -0.25) is 9.59 Å². The molecule has 3 amide bonds. The molecular formula is C29H32N6O4. The van der Waals surface area contributed by atoms with E-state index in [0.717, 1.165) is 61.1 Å². The number of anilines is 2. The Labute approximate surface area is 226 Å². The maximum Gasteiger partial charge on any atom is 0.319 e. The summed E-state index contributed by atoms with van der Waals surface area (Å²) in [6, 6.07) is 7.05. The number of aromatic nitrogens is 2. The minimum atomic E-state index is -0.273. The molecule has 10 nitrogen and oxygen atoms in total. The van der Waals surface area contributed by atoms with Crippen LogP contribution < -0.4 is 20.3 Å². The summed E-state index contributed by atoms with van der Waals surface area (Å²) in [5.74, 6) is 0.667. The van der Waals surface area contributed by atoms with Crippen LogP contribution in [0.25, 0.3) is 17.1 Å². The Hall–Kier alpha value is -4.34. The largest absolute Gasteiger partial charge is 0.452 e. The van der Waals surface area contributed by atoms with Gasteiger partial charge in [0.1, 0.15) is 11.4 Å². The van der Waals surface area contributed by atoms with Crippen LogP contribution in [-0.4, -0.2) is 65.4 Å². The molecule has 0 bridgehead atoms. The Balaban J connectivity index is 1.26. The normalized spacial score (nSPS) is 18.3. The molecule has 10 heteroatoms. The first-order valence-electron chi connectivity index (χ1n) is 13.3. The second-order valence-corrected chi connectivity index (χ2v) is 10.7. The van der Waals surface area contributed by atoms with Crippen LogP contribution in [0.15, 0.2) is 42.4 Å². The van der Waals surface area contributed by atoms with E-state index in [0.29, 0.717) is 17.0 Å². The lowest BCUT2D eigenvalue weighted by molar-refractivity contribution is -0.133. The van der Waals surface area contributed by atoms with E-state index < -0.39 is 0 Å². The number of hydrogen-bond acceptors (Lipinski definition) is 6. The highest BCUT2D eigenvalue weighted by Crippen LogP contribution is 2.37. The second-order valence-electron chi connectivity index (χ2n) is 10.7. The van der Waals surface area contributed by atoms with Crippen molar-refractivity contribution in [1.82, 2.24) is 19.8 Å². The fourth-order valence-electron chi connectivity index (χ4n) is 5.41. The zero-order valence-corrected chi connectivity index (χ0v) is 22.4. The minimum absolute atomic E-state index is 0.0353. The molecule has 0 atom stereocenters. The van der Waals surface area contributed by atoms with E-state index in [1.807, 2.05) is 23.9 Å². The van der Waals surface area contributed by atoms with E-state index in [9.17, 15) is 14.4 Å². The fourth-order valence-corrected chi connectivity index (χ4v) is 5.41. The number of Topliss-reactive ketones (excluding diaryl/α,β-unsaturated/α-hetero) is 1. The molecule has 1 saturated heterocycles. The lowest BCUT2D eigenvalue weighted by atomic mass is 9.95. The number of rotatable bonds is 5. The molecule has 1 aromatic carbocycles. The van der Waals surface area contributed by atoms with Crippen molar-refractivity contribution in [2.75, 3.05) is 37.4 Å². The highest BCUT2D eigenvalue weighted by atomic mass is 16.5. The highest BCUT2D eigenvalue weighted by Gasteiger charge is 2.30. The molecular weight excluding hydrogens is 496 g/mol. The number of ether oxygens (including phenoxy) is 1. The van der Waals surface area contributed by atoms with Crippen LogP contribution >= 0.6 is 0 Å². The van der Waals surface area contributed by atoms with Gasteiger partial charge < -0.3 is 29.7 Å². The molecule has 0 spiro atoms. The van der Waals surface area contributed by atoms with Crippen LogP contribution in [0.3, 0.4) is 0 Å². The average molecular weight is 529 g/mol. The molecule has 1 aliphatic carbocycles. The first-order chi connectivity index (χ1) is 18.8. The molecule has 4 heterocycles. The molecule has 0 unspecified atom stereocenters. The number of nitrogens with zero attached hydrogens (tertiary/aromatic N) is 4. The van der Waals surface area contributed by atoms with Gasteiger partial charge in [0.2, 0.25) is 11.7 Å². The Bertz CT molecular complexity index is 1510. The summed E-state index contributed by atoms with van der Waals surface area (Å²) in [6.45, 7) is 1.53. The van der Waals surface area contributed by atoms with E-state index in [2.05, 4.69) is 20.5 Å². The first kappa shape index (κ1) is 25.0. The van der Waals surface area contributed by atoms with Crippen LogP contribution in [0.2, 0.25) is 0 Å². The number of hydrogen-bond donors (Lipinski definition) is 2. The zero-order valence-electron chi connectivity index (χ0n) is 22.4. The fraction of sp³-hybridized carbons (Fsp3) is 0.379. The summed E-state index contributed by atoms with van der Waals surface area (Å²) in [6.07, 6.45) is 9.09. The third-order valence-corrected chi connectivity index (χ3v) is 7.62. The number of aryl methyl sites for hydroxylation is 1. The second kappa shape index (κ2) is 9.76. The van der Waals surface area contributed by atoms with Gasteiger partial charge in [0.15, 0.2) is 5.76 Å². The molecule has 1 saturated carbocycles. The van der Waals surface area contributed by atoms with Crippen molar-refractivity contribution in [2.45, 2.75) is 31.7 Å². The average Bonchev–Trinajstić information content (AvgIpc) is 3.61. The molecule has 202 valence electrons. The minimum Gasteiger partial charge on any atom is -0.452 e. The molecule has 2 aliphatic heterocycles. The maximum atomic E-state index is 13.3. The van der Waals surface area contributed by atoms with Gasteiger partial charge in [0.25, 0.3) is 0 Å². The van der Waals surface area contributed by atoms with Crippen molar-refractivity contribution in [2.24, 2.45) is 13.0 Å².